The zero-order chi connectivity index (χ0) is 14.7. The van der Waals surface area contributed by atoms with Crippen LogP contribution in [0.5, 0.6) is 5.88 Å². The molecule has 1 fully saturated rings. The molecular formula is C15H16N2O2S2. The van der Waals surface area contributed by atoms with Gasteiger partial charge >= 0.3 is 0 Å². The van der Waals surface area contributed by atoms with E-state index in [0.29, 0.717) is 15.4 Å². The highest BCUT2D eigenvalue weighted by Gasteiger charge is 2.19. The van der Waals surface area contributed by atoms with Crippen molar-refractivity contribution < 1.29 is 9.84 Å². The summed E-state index contributed by atoms with van der Waals surface area (Å²) in [4.78, 5) is 5.04. The van der Waals surface area contributed by atoms with Crippen LogP contribution in [0.15, 0.2) is 35.3 Å². The quantitative estimate of drug-likeness (QED) is 0.686. The molecule has 0 bridgehead atoms. The lowest BCUT2D eigenvalue weighted by molar-refractivity contribution is 0.0948. The Hall–Kier alpha value is -1.50. The molecule has 6 heteroatoms. The molecule has 2 heterocycles. The molecule has 0 aliphatic carbocycles. The lowest BCUT2D eigenvalue weighted by Gasteiger charge is -2.10. The van der Waals surface area contributed by atoms with Gasteiger partial charge in [0.1, 0.15) is 4.88 Å². The fraction of sp³-hybridized carbons (Fsp3) is 0.333. The van der Waals surface area contributed by atoms with Gasteiger partial charge in [-0.2, -0.15) is 0 Å². The van der Waals surface area contributed by atoms with Gasteiger partial charge in [-0.05, 0) is 37.2 Å². The molecule has 3 rings (SSSR count). The van der Waals surface area contributed by atoms with E-state index in [2.05, 4.69) is 4.99 Å². The Labute approximate surface area is 132 Å². The molecule has 2 aromatic rings. The topological polar surface area (TPSA) is 46.8 Å². The zero-order valence-corrected chi connectivity index (χ0v) is 13.1. The molecule has 1 atom stereocenters. The number of thiazole rings is 1. The van der Waals surface area contributed by atoms with E-state index < -0.39 is 0 Å². The maximum Gasteiger partial charge on any atom is 0.212 e. The summed E-state index contributed by atoms with van der Waals surface area (Å²) >= 11 is 6.70. The van der Waals surface area contributed by atoms with Crippen molar-refractivity contribution in [3.8, 4) is 5.88 Å². The first-order valence-corrected chi connectivity index (χ1v) is 8.10. The smallest absolute Gasteiger partial charge is 0.212 e. The van der Waals surface area contributed by atoms with Gasteiger partial charge in [0, 0.05) is 6.61 Å². The van der Waals surface area contributed by atoms with Crippen molar-refractivity contribution in [2.24, 2.45) is 4.99 Å². The third-order valence-corrected chi connectivity index (χ3v) is 4.76. The van der Waals surface area contributed by atoms with Crippen LogP contribution in [-0.4, -0.2) is 28.6 Å². The van der Waals surface area contributed by atoms with Crippen molar-refractivity contribution >= 4 is 35.5 Å². The number of hydrogen-bond acceptors (Lipinski definition) is 5. The van der Waals surface area contributed by atoms with E-state index in [4.69, 9.17) is 17.0 Å². The van der Waals surface area contributed by atoms with Crippen LogP contribution in [0.3, 0.4) is 0 Å². The van der Waals surface area contributed by atoms with E-state index in [9.17, 15) is 5.11 Å². The Morgan fingerprint density at radius 2 is 2.24 bits per heavy atom. The number of aromatic hydroxyl groups is 1. The second kappa shape index (κ2) is 6.51. The summed E-state index contributed by atoms with van der Waals surface area (Å²) in [5.41, 5.74) is 0.849. The number of aromatic nitrogens is 1. The number of benzene rings is 1. The lowest BCUT2D eigenvalue weighted by atomic mass is 10.2. The highest BCUT2D eigenvalue weighted by Crippen LogP contribution is 2.27. The molecule has 1 aromatic carbocycles. The second-order valence-electron chi connectivity index (χ2n) is 4.90. The Morgan fingerprint density at radius 3 is 2.95 bits per heavy atom. The molecule has 0 saturated carbocycles. The highest BCUT2D eigenvalue weighted by atomic mass is 32.1. The molecule has 4 nitrogen and oxygen atoms in total. The molecule has 1 saturated heterocycles. The van der Waals surface area contributed by atoms with Crippen LogP contribution in [0.25, 0.3) is 0 Å². The maximum absolute atomic E-state index is 10.3. The fourth-order valence-electron chi connectivity index (χ4n) is 2.30. The zero-order valence-electron chi connectivity index (χ0n) is 11.4. The summed E-state index contributed by atoms with van der Waals surface area (Å²) in [5.74, 6) is 0.181. The molecule has 1 aliphatic rings. The molecule has 110 valence electrons. The van der Waals surface area contributed by atoms with E-state index in [-0.39, 0.29) is 12.0 Å². The van der Waals surface area contributed by atoms with Gasteiger partial charge in [0.15, 0.2) is 3.95 Å². The molecule has 1 aliphatic heterocycles. The third kappa shape index (κ3) is 3.40. The van der Waals surface area contributed by atoms with E-state index in [1.807, 2.05) is 30.3 Å². The monoisotopic (exact) mass is 320 g/mol. The van der Waals surface area contributed by atoms with Gasteiger partial charge in [0.25, 0.3) is 0 Å². The summed E-state index contributed by atoms with van der Waals surface area (Å²) in [6.07, 6.45) is 3.91. The Kier molecular flexibility index (Phi) is 4.48. The standard InChI is InChI=1S/C15H16N2O2S2/c18-14-13(9-16-11-5-2-1-3-6-11)21-15(20)17(14)10-12-7-4-8-19-12/h1-3,5-6,9,12,18H,4,7-8,10H2. The fourth-order valence-corrected chi connectivity index (χ4v) is 3.50. The minimum atomic E-state index is 0.149. The first-order chi connectivity index (χ1) is 10.2. The first kappa shape index (κ1) is 14.4. The number of para-hydroxylation sites is 1. The van der Waals surface area contributed by atoms with E-state index in [0.717, 1.165) is 25.1 Å². The van der Waals surface area contributed by atoms with Gasteiger partial charge in [-0.3, -0.25) is 9.56 Å². The van der Waals surface area contributed by atoms with Crippen LogP contribution >= 0.6 is 23.6 Å². The average molecular weight is 320 g/mol. The molecule has 0 radical (unpaired) electrons. The van der Waals surface area contributed by atoms with Crippen LogP contribution in [0, 0.1) is 3.95 Å². The normalized spacial score (nSPS) is 18.6. The lowest BCUT2D eigenvalue weighted by Crippen LogP contribution is -2.14. The molecule has 1 aromatic heterocycles. The molecule has 21 heavy (non-hydrogen) atoms. The molecule has 1 N–H and O–H groups in total. The molecule has 0 amide bonds. The molecule has 0 spiro atoms. The number of ether oxygens (including phenoxy) is 1. The predicted octanol–water partition coefficient (Wildman–Crippen LogP) is 3.91. The van der Waals surface area contributed by atoms with Crippen LogP contribution in [0.1, 0.15) is 17.7 Å². The van der Waals surface area contributed by atoms with Crippen LogP contribution in [-0.2, 0) is 11.3 Å². The number of nitrogens with zero attached hydrogens (tertiary/aromatic N) is 2. The Bertz CT molecular complexity index is 685. The van der Waals surface area contributed by atoms with Crippen LogP contribution in [0.4, 0.5) is 5.69 Å². The van der Waals surface area contributed by atoms with Gasteiger partial charge in [-0.25, -0.2) is 0 Å². The minimum Gasteiger partial charge on any atom is -0.493 e. The van der Waals surface area contributed by atoms with Crippen molar-refractivity contribution in [3.63, 3.8) is 0 Å². The van der Waals surface area contributed by atoms with Gasteiger partial charge in [-0.15, -0.1) is 0 Å². The van der Waals surface area contributed by atoms with E-state index >= 15 is 0 Å². The second-order valence-corrected chi connectivity index (χ2v) is 6.57. The van der Waals surface area contributed by atoms with Crippen molar-refractivity contribution in [2.75, 3.05) is 6.61 Å². The number of aliphatic imine (C=N–C) groups is 1. The Balaban J connectivity index is 1.80. The summed E-state index contributed by atoms with van der Waals surface area (Å²) in [6, 6.07) is 9.62. The van der Waals surface area contributed by atoms with E-state index in [1.165, 1.54) is 11.3 Å². The first-order valence-electron chi connectivity index (χ1n) is 6.87. The largest absolute Gasteiger partial charge is 0.493 e. The number of rotatable bonds is 4. The van der Waals surface area contributed by atoms with Crippen molar-refractivity contribution in [2.45, 2.75) is 25.5 Å². The Morgan fingerprint density at radius 1 is 1.43 bits per heavy atom. The third-order valence-electron chi connectivity index (χ3n) is 3.39. The van der Waals surface area contributed by atoms with Gasteiger partial charge in [0.05, 0.1) is 24.6 Å². The molecular weight excluding hydrogens is 304 g/mol. The number of hydrogen-bond donors (Lipinski definition) is 1. The highest BCUT2D eigenvalue weighted by molar-refractivity contribution is 7.73. The minimum absolute atomic E-state index is 0.149. The SMILES string of the molecule is Oc1c(C=Nc2ccccc2)sc(=S)n1CC1CCCO1. The van der Waals surface area contributed by atoms with Crippen molar-refractivity contribution in [3.05, 3.63) is 39.2 Å². The van der Waals surface area contributed by atoms with Gasteiger partial charge in [-0.1, -0.05) is 29.5 Å². The van der Waals surface area contributed by atoms with Crippen molar-refractivity contribution in [1.29, 1.82) is 0 Å². The van der Waals surface area contributed by atoms with Crippen LogP contribution in [0.2, 0.25) is 0 Å². The van der Waals surface area contributed by atoms with Crippen molar-refractivity contribution in [1.82, 2.24) is 4.57 Å². The average Bonchev–Trinajstić information content (AvgIpc) is 3.10. The van der Waals surface area contributed by atoms with Crippen LogP contribution < -0.4 is 0 Å². The van der Waals surface area contributed by atoms with Gasteiger partial charge in [0.2, 0.25) is 5.88 Å². The summed E-state index contributed by atoms with van der Waals surface area (Å²) in [6.45, 7) is 1.41. The van der Waals surface area contributed by atoms with E-state index in [1.54, 1.807) is 10.8 Å². The summed E-state index contributed by atoms with van der Waals surface area (Å²) in [7, 11) is 0. The maximum atomic E-state index is 10.3. The summed E-state index contributed by atoms with van der Waals surface area (Å²) < 4.78 is 7.99. The summed E-state index contributed by atoms with van der Waals surface area (Å²) in [5, 5.41) is 10.3. The van der Waals surface area contributed by atoms with Gasteiger partial charge < -0.3 is 9.84 Å². The molecule has 1 unspecified atom stereocenters. The predicted molar refractivity (Wildman–Crippen MR) is 87.5 cm³/mol.